The van der Waals surface area contributed by atoms with Crippen LogP contribution in [0.2, 0.25) is 0 Å². The number of fused-ring (bicyclic) bond motifs is 1. The van der Waals surface area contributed by atoms with E-state index < -0.39 is 6.09 Å². The van der Waals surface area contributed by atoms with Gasteiger partial charge in [-0.05, 0) is 6.07 Å². The Morgan fingerprint density at radius 1 is 1.41 bits per heavy atom. The number of methoxy groups -OCH3 is 1. The molecule has 0 fully saturated rings. The third-order valence-electron chi connectivity index (χ3n) is 3.44. The first-order chi connectivity index (χ1) is 10.7. The Kier molecular flexibility index (Phi) is 3.82. The predicted molar refractivity (Wildman–Crippen MR) is 75.8 cm³/mol. The molecule has 1 amide bonds. The Morgan fingerprint density at radius 2 is 2.27 bits per heavy atom. The Hall–Kier alpha value is -2.77. The van der Waals surface area contributed by atoms with Crippen molar-refractivity contribution < 1.29 is 19.4 Å². The number of nitrogens with zero attached hydrogens (tertiary/aromatic N) is 4. The zero-order chi connectivity index (χ0) is 15.5. The Labute approximate surface area is 126 Å². The number of hydrogen-bond donors (Lipinski definition) is 1. The van der Waals surface area contributed by atoms with Crippen molar-refractivity contribution >= 4 is 6.09 Å². The van der Waals surface area contributed by atoms with Gasteiger partial charge in [0.15, 0.2) is 0 Å². The molecule has 0 unspecified atom stereocenters. The molecule has 0 saturated heterocycles. The summed E-state index contributed by atoms with van der Waals surface area (Å²) in [4.78, 5) is 20.9. The zero-order valence-electron chi connectivity index (χ0n) is 12.1. The Morgan fingerprint density at radius 3 is 2.95 bits per heavy atom. The van der Waals surface area contributed by atoms with Crippen LogP contribution in [0, 0.1) is 0 Å². The van der Waals surface area contributed by atoms with E-state index in [4.69, 9.17) is 14.6 Å². The quantitative estimate of drug-likeness (QED) is 0.917. The fraction of sp³-hybridized carbons (Fsp3) is 0.357. The van der Waals surface area contributed by atoms with Gasteiger partial charge in [-0.3, -0.25) is 4.90 Å². The van der Waals surface area contributed by atoms with Crippen LogP contribution in [0.25, 0.3) is 0 Å². The number of carboxylic acid groups (broad SMARTS) is 1. The van der Waals surface area contributed by atoms with Gasteiger partial charge in [0.2, 0.25) is 5.88 Å². The molecule has 0 spiro atoms. The van der Waals surface area contributed by atoms with Crippen molar-refractivity contribution in [2.24, 2.45) is 0 Å². The van der Waals surface area contributed by atoms with Crippen molar-refractivity contribution in [3.05, 3.63) is 36.0 Å². The molecule has 1 aliphatic rings. The molecule has 1 N–H and O–H groups in total. The second-order valence-corrected chi connectivity index (χ2v) is 4.87. The molecule has 0 bridgehead atoms. The van der Waals surface area contributed by atoms with Crippen LogP contribution in [0.15, 0.2) is 24.5 Å². The second kappa shape index (κ2) is 5.92. The number of imidazole rings is 1. The molecule has 8 nitrogen and oxygen atoms in total. The lowest BCUT2D eigenvalue weighted by atomic mass is 10.4. The van der Waals surface area contributed by atoms with Crippen molar-refractivity contribution in [2.75, 3.05) is 13.7 Å². The molecule has 116 valence electrons. The van der Waals surface area contributed by atoms with E-state index in [9.17, 15) is 4.79 Å². The summed E-state index contributed by atoms with van der Waals surface area (Å²) in [5.41, 5.74) is 0.750. The van der Waals surface area contributed by atoms with E-state index in [1.807, 2.05) is 10.8 Å². The van der Waals surface area contributed by atoms with Crippen LogP contribution in [0.3, 0.4) is 0 Å². The Balaban J connectivity index is 1.63. The van der Waals surface area contributed by atoms with Gasteiger partial charge in [-0.25, -0.2) is 14.8 Å². The maximum atomic E-state index is 11.0. The molecule has 0 saturated carbocycles. The van der Waals surface area contributed by atoms with E-state index in [-0.39, 0.29) is 6.61 Å². The molecular weight excluding hydrogens is 288 g/mol. The number of aromatic nitrogens is 3. The largest absolute Gasteiger partial charge is 0.495 e. The lowest BCUT2D eigenvalue weighted by Gasteiger charge is -2.24. The zero-order valence-corrected chi connectivity index (χ0v) is 12.1. The van der Waals surface area contributed by atoms with Crippen LogP contribution in [0.1, 0.15) is 11.5 Å². The van der Waals surface area contributed by atoms with E-state index in [0.29, 0.717) is 31.3 Å². The highest BCUT2D eigenvalue weighted by Crippen LogP contribution is 2.16. The molecule has 2 aromatic heterocycles. The molecule has 0 radical (unpaired) electrons. The summed E-state index contributed by atoms with van der Waals surface area (Å²) in [5.74, 6) is 1.88. The highest BCUT2D eigenvalue weighted by molar-refractivity contribution is 5.65. The van der Waals surface area contributed by atoms with Crippen LogP contribution in [-0.4, -0.2) is 44.3 Å². The second-order valence-electron chi connectivity index (χ2n) is 4.87. The van der Waals surface area contributed by atoms with E-state index >= 15 is 0 Å². The minimum absolute atomic E-state index is 0.284. The van der Waals surface area contributed by atoms with Gasteiger partial charge < -0.3 is 19.1 Å². The van der Waals surface area contributed by atoms with Gasteiger partial charge in [0.05, 0.1) is 25.5 Å². The van der Waals surface area contributed by atoms with Crippen LogP contribution in [0.4, 0.5) is 4.79 Å². The average molecular weight is 304 g/mol. The topological polar surface area (TPSA) is 89.7 Å². The molecular formula is C14H16N4O4. The van der Waals surface area contributed by atoms with Gasteiger partial charge in [0.1, 0.15) is 18.2 Å². The molecule has 22 heavy (non-hydrogen) atoms. The molecule has 3 heterocycles. The van der Waals surface area contributed by atoms with Gasteiger partial charge in [0, 0.05) is 25.4 Å². The van der Waals surface area contributed by atoms with Crippen molar-refractivity contribution in [3.8, 4) is 11.6 Å². The summed E-state index contributed by atoms with van der Waals surface area (Å²) in [6, 6.07) is 3.49. The maximum absolute atomic E-state index is 11.0. The number of pyridine rings is 1. The van der Waals surface area contributed by atoms with Crippen LogP contribution in [0.5, 0.6) is 11.6 Å². The van der Waals surface area contributed by atoms with E-state index in [2.05, 4.69) is 9.97 Å². The van der Waals surface area contributed by atoms with E-state index in [1.165, 1.54) is 4.90 Å². The first-order valence-electron chi connectivity index (χ1n) is 6.81. The van der Waals surface area contributed by atoms with E-state index in [1.54, 1.807) is 25.4 Å². The van der Waals surface area contributed by atoms with Crippen molar-refractivity contribution in [2.45, 2.75) is 19.7 Å². The molecule has 0 atom stereocenters. The normalized spacial score (nSPS) is 13.6. The third-order valence-corrected chi connectivity index (χ3v) is 3.44. The average Bonchev–Trinajstić information content (AvgIpc) is 2.95. The molecule has 0 aromatic carbocycles. The smallest absolute Gasteiger partial charge is 0.407 e. The summed E-state index contributed by atoms with van der Waals surface area (Å²) in [6.07, 6.45) is 2.55. The fourth-order valence-electron chi connectivity index (χ4n) is 2.26. The molecule has 8 heteroatoms. The van der Waals surface area contributed by atoms with Crippen molar-refractivity contribution in [3.63, 3.8) is 0 Å². The fourth-order valence-corrected chi connectivity index (χ4v) is 2.26. The predicted octanol–water partition coefficient (Wildman–Crippen LogP) is 1.36. The number of amides is 1. The maximum Gasteiger partial charge on any atom is 0.407 e. The summed E-state index contributed by atoms with van der Waals surface area (Å²) in [7, 11) is 1.58. The summed E-state index contributed by atoms with van der Waals surface area (Å²) < 4.78 is 12.6. The monoisotopic (exact) mass is 304 g/mol. The Bertz CT molecular complexity index is 668. The van der Waals surface area contributed by atoms with E-state index in [0.717, 1.165) is 11.5 Å². The first kappa shape index (κ1) is 14.2. The van der Waals surface area contributed by atoms with Gasteiger partial charge in [-0.15, -0.1) is 0 Å². The van der Waals surface area contributed by atoms with Crippen molar-refractivity contribution in [1.29, 1.82) is 0 Å². The number of carbonyl (C=O) groups is 1. The van der Waals surface area contributed by atoms with Crippen LogP contribution in [-0.2, 0) is 19.7 Å². The minimum atomic E-state index is -0.922. The summed E-state index contributed by atoms with van der Waals surface area (Å²) in [5, 5.41) is 9.01. The molecule has 2 aromatic rings. The van der Waals surface area contributed by atoms with Gasteiger partial charge in [-0.1, -0.05) is 0 Å². The van der Waals surface area contributed by atoms with Crippen molar-refractivity contribution in [1.82, 2.24) is 19.4 Å². The molecule has 3 rings (SSSR count). The van der Waals surface area contributed by atoms with Gasteiger partial charge in [0.25, 0.3) is 0 Å². The summed E-state index contributed by atoms with van der Waals surface area (Å²) >= 11 is 0. The third kappa shape index (κ3) is 2.95. The highest BCUT2D eigenvalue weighted by Gasteiger charge is 2.21. The number of ether oxygens (including phenoxy) is 2. The van der Waals surface area contributed by atoms with Gasteiger partial charge in [-0.2, -0.15) is 0 Å². The SMILES string of the molecule is COc1ccc(OCc2cn3c(n2)CN(C(=O)O)CC3)nc1. The van der Waals surface area contributed by atoms with Crippen LogP contribution >= 0.6 is 0 Å². The number of hydrogen-bond acceptors (Lipinski definition) is 5. The number of rotatable bonds is 4. The lowest BCUT2D eigenvalue weighted by molar-refractivity contribution is 0.131. The van der Waals surface area contributed by atoms with Crippen LogP contribution < -0.4 is 9.47 Å². The molecule has 0 aliphatic carbocycles. The minimum Gasteiger partial charge on any atom is -0.495 e. The lowest BCUT2D eigenvalue weighted by Crippen LogP contribution is -2.37. The summed E-state index contributed by atoms with van der Waals surface area (Å²) in [6.45, 7) is 1.66. The standard InChI is InChI=1S/C14H16N4O4/c1-21-11-2-3-13(15-6-11)22-9-10-7-17-4-5-18(14(19)20)8-12(17)16-10/h2-3,6-7H,4-5,8-9H2,1H3,(H,19,20). The molecule has 1 aliphatic heterocycles. The highest BCUT2D eigenvalue weighted by atomic mass is 16.5. The first-order valence-corrected chi connectivity index (χ1v) is 6.81. The van der Waals surface area contributed by atoms with Gasteiger partial charge >= 0.3 is 6.09 Å².